The maximum absolute atomic E-state index is 12.6. The fourth-order valence-electron chi connectivity index (χ4n) is 3.82. The van der Waals surface area contributed by atoms with Crippen molar-refractivity contribution < 1.29 is 9.59 Å². The first-order valence-corrected chi connectivity index (χ1v) is 12.8. The Morgan fingerprint density at radius 3 is 1.16 bits per heavy atom. The summed E-state index contributed by atoms with van der Waals surface area (Å²) in [6.45, 7) is 3.95. The maximum Gasteiger partial charge on any atom is 0.255 e. The van der Waals surface area contributed by atoms with Crippen LogP contribution in [0.1, 0.15) is 45.7 Å². The highest BCUT2D eigenvalue weighted by Crippen LogP contribution is 2.42. The summed E-state index contributed by atoms with van der Waals surface area (Å²) >= 11 is 26.3. The van der Waals surface area contributed by atoms with E-state index >= 15 is 0 Å². The zero-order valence-electron chi connectivity index (χ0n) is 19.9. The van der Waals surface area contributed by atoms with Crippen molar-refractivity contribution >= 4 is 69.6 Å². The molecule has 0 saturated heterocycles. The van der Waals surface area contributed by atoms with Gasteiger partial charge >= 0.3 is 0 Å². The lowest BCUT2D eigenvalue weighted by Gasteiger charge is -2.28. The van der Waals surface area contributed by atoms with E-state index in [-0.39, 0.29) is 11.8 Å². The van der Waals surface area contributed by atoms with E-state index in [1.54, 1.807) is 72.8 Å². The molecule has 0 spiro atoms. The van der Waals surface area contributed by atoms with Gasteiger partial charge in [-0.05, 0) is 59.7 Å². The van der Waals surface area contributed by atoms with E-state index < -0.39 is 5.41 Å². The van der Waals surface area contributed by atoms with Gasteiger partial charge in [0.15, 0.2) is 0 Å². The van der Waals surface area contributed by atoms with Gasteiger partial charge < -0.3 is 10.6 Å². The molecule has 0 heterocycles. The first-order valence-electron chi connectivity index (χ1n) is 11.3. The Morgan fingerprint density at radius 1 is 0.568 bits per heavy atom. The summed E-state index contributed by atoms with van der Waals surface area (Å²) in [6.07, 6.45) is 0. The van der Waals surface area contributed by atoms with Crippen molar-refractivity contribution in [2.45, 2.75) is 19.3 Å². The second kappa shape index (κ2) is 11.2. The van der Waals surface area contributed by atoms with Crippen LogP contribution >= 0.6 is 46.4 Å². The third-order valence-electron chi connectivity index (χ3n) is 6.08. The standard InChI is InChI=1S/C29H22Cl4N2O2/c1-29(2,19-13-21(30)25(22(31)14-19)34-27(36)17-9-5-3-6-10-17)20-15-23(32)26(24(33)16-20)35-28(37)18-11-7-4-8-12-18/h3-16H,1-2H3,(H,34,36)(H,35,37). The van der Waals surface area contributed by atoms with Crippen molar-refractivity contribution in [3.05, 3.63) is 127 Å². The summed E-state index contributed by atoms with van der Waals surface area (Å²) in [7, 11) is 0. The molecule has 2 N–H and O–H groups in total. The molecule has 4 nitrogen and oxygen atoms in total. The number of anilines is 2. The van der Waals surface area contributed by atoms with Gasteiger partial charge in [-0.15, -0.1) is 0 Å². The fraction of sp³-hybridized carbons (Fsp3) is 0.103. The minimum Gasteiger partial charge on any atom is -0.319 e. The normalized spacial score (nSPS) is 11.2. The zero-order chi connectivity index (χ0) is 26.7. The summed E-state index contributed by atoms with van der Waals surface area (Å²) < 4.78 is 0. The Hall–Kier alpha value is -3.02. The molecule has 0 aliphatic heterocycles. The third-order valence-corrected chi connectivity index (χ3v) is 7.27. The quantitative estimate of drug-likeness (QED) is 0.242. The number of hydrogen-bond donors (Lipinski definition) is 2. The van der Waals surface area contributed by atoms with Crippen LogP contribution in [0.25, 0.3) is 0 Å². The van der Waals surface area contributed by atoms with E-state index in [1.807, 2.05) is 26.0 Å². The van der Waals surface area contributed by atoms with E-state index in [9.17, 15) is 9.59 Å². The number of amides is 2. The van der Waals surface area contributed by atoms with Gasteiger partial charge in [0.1, 0.15) is 0 Å². The monoisotopic (exact) mass is 570 g/mol. The van der Waals surface area contributed by atoms with Crippen LogP contribution in [0.15, 0.2) is 84.9 Å². The van der Waals surface area contributed by atoms with Crippen molar-refractivity contribution in [1.29, 1.82) is 0 Å². The molecule has 4 aromatic rings. The van der Waals surface area contributed by atoms with Gasteiger partial charge in [0.2, 0.25) is 0 Å². The fourth-order valence-corrected chi connectivity index (χ4v) is 4.99. The minimum atomic E-state index is -0.621. The molecule has 0 atom stereocenters. The molecule has 0 aliphatic carbocycles. The number of nitrogens with one attached hydrogen (secondary N) is 2. The SMILES string of the molecule is CC(C)(c1cc(Cl)c(NC(=O)c2ccccc2)c(Cl)c1)c1cc(Cl)c(NC(=O)c2ccccc2)c(Cl)c1. The molecule has 4 rings (SSSR count). The number of rotatable bonds is 6. The van der Waals surface area contributed by atoms with Gasteiger partial charge in [-0.3, -0.25) is 9.59 Å². The van der Waals surface area contributed by atoms with Crippen molar-refractivity contribution in [2.75, 3.05) is 10.6 Å². The van der Waals surface area contributed by atoms with Gasteiger partial charge in [0, 0.05) is 16.5 Å². The van der Waals surface area contributed by atoms with Crippen LogP contribution < -0.4 is 10.6 Å². The molecule has 37 heavy (non-hydrogen) atoms. The molecule has 0 radical (unpaired) electrons. The molecule has 0 aromatic heterocycles. The number of hydrogen-bond acceptors (Lipinski definition) is 2. The van der Waals surface area contributed by atoms with Crippen LogP contribution in [-0.4, -0.2) is 11.8 Å². The van der Waals surface area contributed by atoms with Crippen LogP contribution in [0.5, 0.6) is 0 Å². The molecule has 188 valence electrons. The Labute approximate surface area is 235 Å². The van der Waals surface area contributed by atoms with E-state index in [0.717, 1.165) is 11.1 Å². The highest BCUT2D eigenvalue weighted by atomic mass is 35.5. The summed E-state index contributed by atoms with van der Waals surface area (Å²) in [5, 5.41) is 6.75. The molecule has 0 aliphatic rings. The topological polar surface area (TPSA) is 58.2 Å². The molecular weight excluding hydrogens is 550 g/mol. The average Bonchev–Trinajstić information content (AvgIpc) is 2.88. The molecule has 2 amide bonds. The van der Waals surface area contributed by atoms with Crippen LogP contribution in [0.4, 0.5) is 11.4 Å². The Balaban J connectivity index is 1.61. The minimum absolute atomic E-state index is 0.295. The van der Waals surface area contributed by atoms with Crippen molar-refractivity contribution in [2.24, 2.45) is 0 Å². The molecule has 4 aromatic carbocycles. The van der Waals surface area contributed by atoms with Gasteiger partial charge in [0.05, 0.1) is 31.5 Å². The van der Waals surface area contributed by atoms with E-state index in [2.05, 4.69) is 10.6 Å². The van der Waals surface area contributed by atoms with Gasteiger partial charge in [-0.1, -0.05) is 96.6 Å². The van der Waals surface area contributed by atoms with E-state index in [4.69, 9.17) is 46.4 Å². The van der Waals surface area contributed by atoms with Crippen LogP contribution in [-0.2, 0) is 5.41 Å². The van der Waals surface area contributed by atoms with E-state index in [0.29, 0.717) is 42.6 Å². The lowest BCUT2D eigenvalue weighted by atomic mass is 9.78. The lowest BCUT2D eigenvalue weighted by molar-refractivity contribution is 0.101. The predicted octanol–water partition coefficient (Wildman–Crippen LogP) is 9.13. The van der Waals surface area contributed by atoms with Crippen LogP contribution in [0.3, 0.4) is 0 Å². The molecule has 0 fully saturated rings. The van der Waals surface area contributed by atoms with Gasteiger partial charge in [-0.2, -0.15) is 0 Å². The molecular formula is C29H22Cl4N2O2. The summed E-state index contributed by atoms with van der Waals surface area (Å²) in [5.41, 5.74) is 2.58. The van der Waals surface area contributed by atoms with Gasteiger partial charge in [0.25, 0.3) is 11.8 Å². The first-order chi connectivity index (χ1) is 17.6. The Bertz CT molecular complexity index is 1320. The lowest BCUT2D eigenvalue weighted by Crippen LogP contribution is -2.20. The number of benzene rings is 4. The van der Waals surface area contributed by atoms with Crippen LogP contribution in [0, 0.1) is 0 Å². The summed E-state index contributed by atoms with van der Waals surface area (Å²) in [6, 6.07) is 24.6. The zero-order valence-corrected chi connectivity index (χ0v) is 22.9. The average molecular weight is 572 g/mol. The summed E-state index contributed by atoms with van der Waals surface area (Å²) in [5.74, 6) is -0.633. The number of carbonyl (C=O) groups excluding carboxylic acids is 2. The molecule has 0 saturated carbocycles. The van der Waals surface area contributed by atoms with Crippen LogP contribution in [0.2, 0.25) is 20.1 Å². The second-order valence-electron chi connectivity index (χ2n) is 8.90. The highest BCUT2D eigenvalue weighted by molar-refractivity contribution is 6.41. The predicted molar refractivity (Wildman–Crippen MR) is 154 cm³/mol. The molecule has 0 unspecified atom stereocenters. The Kier molecular flexibility index (Phi) is 8.15. The molecule has 0 bridgehead atoms. The second-order valence-corrected chi connectivity index (χ2v) is 10.5. The van der Waals surface area contributed by atoms with Gasteiger partial charge in [-0.25, -0.2) is 0 Å². The molecule has 8 heteroatoms. The van der Waals surface area contributed by atoms with Crippen molar-refractivity contribution in [1.82, 2.24) is 0 Å². The highest BCUT2D eigenvalue weighted by Gasteiger charge is 2.28. The first kappa shape index (κ1) is 27.0. The largest absolute Gasteiger partial charge is 0.319 e. The smallest absolute Gasteiger partial charge is 0.255 e. The number of carbonyl (C=O) groups is 2. The number of halogens is 4. The van der Waals surface area contributed by atoms with Crippen molar-refractivity contribution in [3.8, 4) is 0 Å². The Morgan fingerprint density at radius 2 is 0.865 bits per heavy atom. The maximum atomic E-state index is 12.6. The summed E-state index contributed by atoms with van der Waals surface area (Å²) in [4.78, 5) is 25.2. The third kappa shape index (κ3) is 5.94. The van der Waals surface area contributed by atoms with Crippen molar-refractivity contribution in [3.63, 3.8) is 0 Å². The van der Waals surface area contributed by atoms with E-state index in [1.165, 1.54) is 0 Å².